The van der Waals surface area contributed by atoms with Crippen molar-refractivity contribution in [3.05, 3.63) is 30.3 Å². The average Bonchev–Trinajstić information content (AvgIpc) is 2.47. The lowest BCUT2D eigenvalue weighted by molar-refractivity contribution is 0.413. The Kier molecular flexibility index (Phi) is 4.15. The van der Waals surface area contributed by atoms with Crippen LogP contribution in [0.4, 0.5) is 5.69 Å². The van der Waals surface area contributed by atoms with Gasteiger partial charge in [0.1, 0.15) is 11.5 Å². The van der Waals surface area contributed by atoms with Gasteiger partial charge in [-0.25, -0.2) is 0 Å². The molecule has 0 N–H and O–H groups in total. The van der Waals surface area contributed by atoms with Crippen LogP contribution in [0, 0.1) is 0 Å². The summed E-state index contributed by atoms with van der Waals surface area (Å²) in [6, 6.07) is 10.3. The molecule has 0 amide bonds. The van der Waals surface area contributed by atoms with Crippen molar-refractivity contribution in [1.82, 2.24) is 0 Å². The van der Waals surface area contributed by atoms with E-state index in [1.807, 2.05) is 12.1 Å². The Hall–Kier alpha value is -1.90. The molecule has 0 fully saturated rings. The van der Waals surface area contributed by atoms with Gasteiger partial charge in [-0.1, -0.05) is 12.1 Å². The molecule has 2 aromatic carbocycles. The lowest BCUT2D eigenvalue weighted by atomic mass is 10.1. The minimum Gasteiger partial charge on any atom is -0.497 e. The van der Waals surface area contributed by atoms with Crippen LogP contribution in [-0.2, 0) is 0 Å². The lowest BCUT2D eigenvalue weighted by Crippen LogP contribution is -2.22. The van der Waals surface area contributed by atoms with Crippen LogP contribution >= 0.6 is 0 Å². The minimum absolute atomic E-state index is 0.870. The number of hydrogen-bond donors (Lipinski definition) is 0. The van der Waals surface area contributed by atoms with Crippen molar-refractivity contribution in [3.8, 4) is 11.5 Å². The first kappa shape index (κ1) is 13.5. The lowest BCUT2D eigenvalue weighted by Gasteiger charge is -2.25. The molecular weight excluding hydrogens is 238 g/mol. The van der Waals surface area contributed by atoms with Gasteiger partial charge in [0, 0.05) is 18.5 Å². The third-order valence-corrected chi connectivity index (χ3v) is 3.46. The number of fused-ring (bicyclic) bond motifs is 1. The van der Waals surface area contributed by atoms with Crippen LogP contribution < -0.4 is 14.4 Å². The fourth-order valence-corrected chi connectivity index (χ4v) is 2.42. The molecule has 0 aliphatic heterocycles. The third-order valence-electron chi connectivity index (χ3n) is 3.46. The number of nitrogens with zero attached hydrogens (tertiary/aromatic N) is 1. The summed E-state index contributed by atoms with van der Waals surface area (Å²) >= 11 is 0. The van der Waals surface area contributed by atoms with E-state index in [1.54, 1.807) is 14.2 Å². The molecule has 2 aromatic rings. The van der Waals surface area contributed by atoms with Crippen molar-refractivity contribution in [2.45, 2.75) is 13.8 Å². The molecule has 19 heavy (non-hydrogen) atoms. The second-order valence-corrected chi connectivity index (χ2v) is 4.38. The van der Waals surface area contributed by atoms with Gasteiger partial charge in [-0.05, 0) is 37.4 Å². The fourth-order valence-electron chi connectivity index (χ4n) is 2.42. The Bertz CT molecular complexity index is 557. The van der Waals surface area contributed by atoms with Crippen molar-refractivity contribution in [3.63, 3.8) is 0 Å². The molecule has 0 spiro atoms. The van der Waals surface area contributed by atoms with Crippen LogP contribution in [0.15, 0.2) is 30.3 Å². The predicted molar refractivity (Wildman–Crippen MR) is 80.6 cm³/mol. The van der Waals surface area contributed by atoms with E-state index >= 15 is 0 Å². The van der Waals surface area contributed by atoms with Crippen molar-refractivity contribution < 1.29 is 9.47 Å². The van der Waals surface area contributed by atoms with E-state index in [-0.39, 0.29) is 0 Å². The number of ether oxygens (including phenoxy) is 2. The predicted octanol–water partition coefficient (Wildman–Crippen LogP) is 3.70. The smallest absolute Gasteiger partial charge is 0.142 e. The summed E-state index contributed by atoms with van der Waals surface area (Å²) in [5.74, 6) is 1.78. The Morgan fingerprint density at radius 2 is 1.63 bits per heavy atom. The van der Waals surface area contributed by atoms with E-state index in [1.165, 1.54) is 10.8 Å². The number of methoxy groups -OCH3 is 2. The van der Waals surface area contributed by atoms with Crippen molar-refractivity contribution in [2.75, 3.05) is 32.2 Å². The third kappa shape index (κ3) is 2.46. The van der Waals surface area contributed by atoms with Crippen molar-refractivity contribution in [2.24, 2.45) is 0 Å². The number of rotatable bonds is 5. The van der Waals surface area contributed by atoms with Gasteiger partial charge in [0.25, 0.3) is 0 Å². The van der Waals surface area contributed by atoms with E-state index in [4.69, 9.17) is 9.47 Å². The first-order valence-electron chi connectivity index (χ1n) is 6.64. The van der Waals surface area contributed by atoms with E-state index in [9.17, 15) is 0 Å². The molecule has 102 valence electrons. The molecule has 0 saturated heterocycles. The average molecular weight is 259 g/mol. The number of anilines is 1. The van der Waals surface area contributed by atoms with Crippen molar-refractivity contribution in [1.29, 1.82) is 0 Å². The minimum atomic E-state index is 0.870. The molecular formula is C16H21NO2. The van der Waals surface area contributed by atoms with Gasteiger partial charge in [-0.3, -0.25) is 0 Å². The second kappa shape index (κ2) is 5.83. The summed E-state index contributed by atoms with van der Waals surface area (Å²) in [5, 5.41) is 2.37. The van der Waals surface area contributed by atoms with E-state index < -0.39 is 0 Å². The van der Waals surface area contributed by atoms with Gasteiger partial charge < -0.3 is 14.4 Å². The molecule has 0 saturated carbocycles. The van der Waals surface area contributed by atoms with Crippen LogP contribution in [0.25, 0.3) is 10.8 Å². The van der Waals surface area contributed by atoms with E-state index in [0.717, 1.165) is 30.3 Å². The van der Waals surface area contributed by atoms with E-state index in [0.29, 0.717) is 0 Å². The van der Waals surface area contributed by atoms with Gasteiger partial charge in [-0.2, -0.15) is 0 Å². The molecule has 0 aliphatic rings. The largest absolute Gasteiger partial charge is 0.497 e. The number of hydrogen-bond acceptors (Lipinski definition) is 3. The molecule has 0 radical (unpaired) electrons. The molecule has 3 nitrogen and oxygen atoms in total. The van der Waals surface area contributed by atoms with Crippen LogP contribution in [0.3, 0.4) is 0 Å². The summed E-state index contributed by atoms with van der Waals surface area (Å²) in [6.07, 6.45) is 0. The fraction of sp³-hybridized carbons (Fsp3) is 0.375. The Balaban J connectivity index is 2.73. The highest BCUT2D eigenvalue weighted by molar-refractivity contribution is 5.98. The number of benzene rings is 2. The van der Waals surface area contributed by atoms with Gasteiger partial charge in [0.05, 0.1) is 19.9 Å². The Labute approximate surface area is 114 Å². The monoisotopic (exact) mass is 259 g/mol. The van der Waals surface area contributed by atoms with Gasteiger partial charge in [0.15, 0.2) is 0 Å². The van der Waals surface area contributed by atoms with Crippen molar-refractivity contribution >= 4 is 16.5 Å². The van der Waals surface area contributed by atoms with Gasteiger partial charge >= 0.3 is 0 Å². The first-order valence-corrected chi connectivity index (χ1v) is 6.64. The zero-order valence-electron chi connectivity index (χ0n) is 12.1. The maximum Gasteiger partial charge on any atom is 0.142 e. The Morgan fingerprint density at radius 3 is 2.21 bits per heavy atom. The van der Waals surface area contributed by atoms with Gasteiger partial charge in [0.2, 0.25) is 0 Å². The zero-order valence-corrected chi connectivity index (χ0v) is 12.1. The SMILES string of the molecule is CCN(CC)c1c(OC)ccc2ccc(OC)cc12. The van der Waals surface area contributed by atoms with Crippen LogP contribution in [0.5, 0.6) is 11.5 Å². The highest BCUT2D eigenvalue weighted by atomic mass is 16.5. The molecule has 3 heteroatoms. The van der Waals surface area contributed by atoms with Crippen LogP contribution in [-0.4, -0.2) is 27.3 Å². The molecule has 0 unspecified atom stereocenters. The molecule has 0 atom stereocenters. The van der Waals surface area contributed by atoms with E-state index in [2.05, 4.69) is 36.9 Å². The summed E-state index contributed by atoms with van der Waals surface area (Å²) in [7, 11) is 3.41. The molecule has 2 rings (SSSR count). The van der Waals surface area contributed by atoms with Crippen LogP contribution in [0.1, 0.15) is 13.8 Å². The highest BCUT2D eigenvalue weighted by Gasteiger charge is 2.14. The summed E-state index contributed by atoms with van der Waals surface area (Å²) in [5.41, 5.74) is 1.14. The topological polar surface area (TPSA) is 21.7 Å². The maximum absolute atomic E-state index is 5.53. The Morgan fingerprint density at radius 1 is 0.947 bits per heavy atom. The summed E-state index contributed by atoms with van der Waals surface area (Å²) in [6.45, 7) is 6.20. The normalized spacial score (nSPS) is 10.5. The highest BCUT2D eigenvalue weighted by Crippen LogP contribution is 2.37. The summed E-state index contributed by atoms with van der Waals surface area (Å²) < 4.78 is 10.9. The summed E-state index contributed by atoms with van der Waals surface area (Å²) in [4.78, 5) is 2.31. The van der Waals surface area contributed by atoms with Crippen LogP contribution in [0.2, 0.25) is 0 Å². The zero-order chi connectivity index (χ0) is 13.8. The maximum atomic E-state index is 5.53. The molecule has 0 aliphatic carbocycles. The van der Waals surface area contributed by atoms with Gasteiger partial charge in [-0.15, -0.1) is 0 Å². The quantitative estimate of drug-likeness (QED) is 0.817. The first-order chi connectivity index (χ1) is 9.24. The molecule has 0 bridgehead atoms. The molecule has 0 heterocycles. The molecule has 0 aromatic heterocycles. The standard InChI is InChI=1S/C16H21NO2/c1-5-17(6-2)16-14-11-13(18-3)9-7-12(14)8-10-15(16)19-4/h7-11H,5-6H2,1-4H3. The second-order valence-electron chi connectivity index (χ2n) is 4.38.